The van der Waals surface area contributed by atoms with Gasteiger partial charge in [-0.15, -0.1) is 22.7 Å². The van der Waals surface area contributed by atoms with Gasteiger partial charge in [0.05, 0.1) is 5.41 Å². The van der Waals surface area contributed by atoms with Gasteiger partial charge in [0.25, 0.3) is 0 Å². The van der Waals surface area contributed by atoms with Crippen LogP contribution in [0.25, 0.3) is 73.0 Å². The first-order valence-corrected chi connectivity index (χ1v) is 29.7. The van der Waals surface area contributed by atoms with E-state index in [1.54, 1.807) is 0 Å². The van der Waals surface area contributed by atoms with Gasteiger partial charge in [-0.25, -0.2) is 0 Å². The van der Waals surface area contributed by atoms with Crippen molar-refractivity contribution in [2.45, 2.75) is 67.2 Å². The van der Waals surface area contributed by atoms with Crippen molar-refractivity contribution < 1.29 is 0 Å². The number of thiophene rings is 2. The van der Waals surface area contributed by atoms with Crippen LogP contribution in [0, 0.1) is 48.5 Å². The lowest BCUT2D eigenvalue weighted by Gasteiger charge is -2.34. The van der Waals surface area contributed by atoms with Crippen molar-refractivity contribution in [3.63, 3.8) is 0 Å². The van der Waals surface area contributed by atoms with Crippen LogP contribution in [0.4, 0.5) is 0 Å². The van der Waals surface area contributed by atoms with E-state index < -0.39 is 0 Å². The Kier molecular flexibility index (Phi) is 15.8. The molecule has 0 N–H and O–H groups in total. The average Bonchev–Trinajstić information content (AvgIpc) is 4.32. The summed E-state index contributed by atoms with van der Waals surface area (Å²) in [6, 6.07) is 92.2. The van der Waals surface area contributed by atoms with Gasteiger partial charge in [-0.2, -0.15) is 0 Å². The fourth-order valence-corrected chi connectivity index (χ4v) is 14.3. The third kappa shape index (κ3) is 10.5. The first-order valence-electron chi connectivity index (χ1n) is 28.0. The minimum atomic E-state index is -0.325. The van der Waals surface area contributed by atoms with E-state index in [9.17, 15) is 0 Å². The van der Waals surface area contributed by atoms with Gasteiger partial charge in [-0.05, 0) is 162 Å². The molecule has 15 rings (SSSR count). The van der Waals surface area contributed by atoms with E-state index in [0.717, 1.165) is 6.42 Å². The first kappa shape index (κ1) is 53.6. The number of benzene rings is 12. The summed E-state index contributed by atoms with van der Waals surface area (Å²) in [5.41, 5.74) is 18.7. The van der Waals surface area contributed by atoms with Gasteiger partial charge in [-0.3, -0.25) is 0 Å². The van der Waals surface area contributed by atoms with E-state index in [0.29, 0.717) is 0 Å². The summed E-state index contributed by atoms with van der Waals surface area (Å²) in [6.45, 7) is 17.4. The Balaban J connectivity index is 0.000000115. The summed E-state index contributed by atoms with van der Waals surface area (Å²) in [5, 5.41) is 11.0. The van der Waals surface area contributed by atoms with Crippen molar-refractivity contribution in [1.82, 2.24) is 0 Å². The number of hydrogen-bond acceptors (Lipinski definition) is 2. The molecule has 0 amide bonds. The van der Waals surface area contributed by atoms with Crippen molar-refractivity contribution in [2.24, 2.45) is 0 Å². The molecule has 0 fully saturated rings. The summed E-state index contributed by atoms with van der Waals surface area (Å²) < 4.78 is 5.59. The predicted octanol–water partition coefficient (Wildman–Crippen LogP) is 22.6. The first-order chi connectivity index (χ1) is 39.0. The molecule has 2 heterocycles. The molecule has 0 atom stereocenters. The van der Waals surface area contributed by atoms with Crippen LogP contribution >= 0.6 is 22.7 Å². The highest BCUT2D eigenvalue weighted by Crippen LogP contribution is 2.58. The second kappa shape index (κ2) is 23.5. The third-order valence-corrected chi connectivity index (χ3v) is 18.2. The maximum absolute atomic E-state index is 2.44. The summed E-state index contributed by atoms with van der Waals surface area (Å²) in [5.74, 6) is 0. The Morgan fingerprint density at radius 2 is 0.812 bits per heavy atom. The van der Waals surface area contributed by atoms with Crippen LogP contribution in [0.1, 0.15) is 73.7 Å². The van der Waals surface area contributed by atoms with Crippen molar-refractivity contribution in [3.05, 3.63) is 322 Å². The smallest absolute Gasteiger partial charge is 0.0713 e. The molecular formula is C78H68S2. The van der Waals surface area contributed by atoms with E-state index >= 15 is 0 Å². The number of aryl methyl sites for hydroxylation is 8. The highest BCUT2D eigenvalue weighted by molar-refractivity contribution is 7.26. The molecule has 0 radical (unpaired) electrons. The zero-order chi connectivity index (χ0) is 55.3. The lowest BCUT2D eigenvalue weighted by molar-refractivity contribution is 0.767. The largest absolute Gasteiger partial charge is 0.135 e. The van der Waals surface area contributed by atoms with E-state index in [1.165, 1.54) is 140 Å². The summed E-state index contributed by atoms with van der Waals surface area (Å²) >= 11 is 3.77. The zero-order valence-electron chi connectivity index (χ0n) is 47.3. The molecule has 0 nitrogen and oxygen atoms in total. The summed E-state index contributed by atoms with van der Waals surface area (Å²) in [6.07, 6.45) is 1.11. The van der Waals surface area contributed by atoms with Gasteiger partial charge in [0.15, 0.2) is 0 Å². The minimum Gasteiger partial charge on any atom is -0.135 e. The van der Waals surface area contributed by atoms with Crippen LogP contribution < -0.4 is 0 Å². The molecule has 0 unspecified atom stereocenters. The van der Waals surface area contributed by atoms with Crippen molar-refractivity contribution in [3.8, 4) is 11.1 Å². The quantitative estimate of drug-likeness (QED) is 0.165. The van der Waals surface area contributed by atoms with Crippen molar-refractivity contribution >= 4 is 84.6 Å². The predicted molar refractivity (Wildman–Crippen MR) is 353 cm³/mol. The second-order valence-electron chi connectivity index (χ2n) is 21.4. The molecule has 0 saturated heterocycles. The normalized spacial score (nSPS) is 11.9. The number of fused-ring (bicyclic) bond motifs is 12. The summed E-state index contributed by atoms with van der Waals surface area (Å²) in [7, 11) is 0. The monoisotopic (exact) mass is 1070 g/mol. The fourth-order valence-electron chi connectivity index (χ4n) is 11.9. The highest BCUT2D eigenvalue weighted by Gasteiger charge is 2.47. The molecular weight excluding hydrogens is 1000 g/mol. The van der Waals surface area contributed by atoms with Crippen molar-refractivity contribution in [2.75, 3.05) is 0 Å². The van der Waals surface area contributed by atoms with E-state index in [2.05, 4.69) is 310 Å². The molecule has 2 aromatic heterocycles. The molecule has 80 heavy (non-hydrogen) atoms. The Hall–Kier alpha value is -8.40. The molecule has 0 aliphatic heterocycles. The molecule has 392 valence electrons. The zero-order valence-corrected chi connectivity index (χ0v) is 48.9. The van der Waals surface area contributed by atoms with Gasteiger partial charge in [-0.1, -0.05) is 254 Å². The van der Waals surface area contributed by atoms with Gasteiger partial charge in [0.1, 0.15) is 0 Å². The maximum atomic E-state index is 2.44. The van der Waals surface area contributed by atoms with Gasteiger partial charge < -0.3 is 0 Å². The second-order valence-corrected chi connectivity index (χ2v) is 23.6. The Bertz CT molecular complexity index is 4440. The number of hydrogen-bond donors (Lipinski definition) is 0. The molecule has 0 saturated carbocycles. The average molecular weight is 1070 g/mol. The molecule has 2 heteroatoms. The van der Waals surface area contributed by atoms with E-state index in [-0.39, 0.29) is 5.41 Å². The molecule has 1 aliphatic carbocycles. The van der Waals surface area contributed by atoms with Crippen LogP contribution in [0.5, 0.6) is 0 Å². The molecule has 14 aromatic rings. The third-order valence-electron chi connectivity index (χ3n) is 16.0. The Labute approximate surface area is 481 Å². The van der Waals surface area contributed by atoms with E-state index in [1.807, 2.05) is 22.7 Å². The van der Waals surface area contributed by atoms with Gasteiger partial charge in [0, 0.05) is 40.3 Å². The Morgan fingerprint density at radius 3 is 1.45 bits per heavy atom. The summed E-state index contributed by atoms with van der Waals surface area (Å²) in [4.78, 5) is 0. The highest BCUT2D eigenvalue weighted by atomic mass is 32.1. The van der Waals surface area contributed by atoms with Crippen LogP contribution in [-0.2, 0) is 11.8 Å². The topological polar surface area (TPSA) is 0 Å². The van der Waals surface area contributed by atoms with Crippen LogP contribution in [0.2, 0.25) is 0 Å². The molecule has 0 bridgehead atoms. The van der Waals surface area contributed by atoms with Gasteiger partial charge in [0.2, 0.25) is 0 Å². The van der Waals surface area contributed by atoms with Crippen LogP contribution in [-0.4, -0.2) is 0 Å². The Morgan fingerprint density at radius 1 is 0.312 bits per heavy atom. The lowest BCUT2D eigenvalue weighted by atomic mass is 9.67. The SMILES string of the molecule is CCc1cccc2sc3ccccc3c12.Cc1ccc(C)c(C)c1.Cc1ccc2c(c1)C(c1ccccc1)(c1ccccc1)c1cc(C)c3ccccc3c1-2.Cc1ccc2ccccc2c1.Cc1cccc2sc3ccccc3c12. The molecule has 0 spiro atoms. The van der Waals surface area contributed by atoms with Crippen LogP contribution in [0.3, 0.4) is 0 Å². The van der Waals surface area contributed by atoms with Crippen molar-refractivity contribution in [1.29, 1.82) is 0 Å². The number of rotatable bonds is 3. The van der Waals surface area contributed by atoms with Gasteiger partial charge >= 0.3 is 0 Å². The molecule has 1 aliphatic rings. The maximum Gasteiger partial charge on any atom is 0.0713 e. The molecule has 12 aromatic carbocycles. The lowest BCUT2D eigenvalue weighted by Crippen LogP contribution is -2.28. The standard InChI is InChI=1S/C31H24.C14H12S.C13H10S.C11H10.C9H12/c1-21-17-18-27-28(19-21)31(23-11-5-3-6-12-23,24-13-7-4-8-14-24)29-20-22(2)25-15-9-10-16-26(25)30(27)29;1-2-10-6-5-9-13-14(10)11-7-3-4-8-12(11)15-13;1-9-5-4-8-12-13(9)10-6-2-3-7-11(10)14-12;1-9-6-7-10-4-2-3-5-11(10)8-9;1-7-4-5-8(2)9(3)6-7/h3-20H,1-2H3;3-9H,2H2,1H3;2-8H,1H3;2-8H,1H3;4-6H,1-3H3. The minimum absolute atomic E-state index is 0.325. The van der Waals surface area contributed by atoms with E-state index in [4.69, 9.17) is 0 Å². The fraction of sp³-hybridized carbons (Fsp3) is 0.128. The van der Waals surface area contributed by atoms with Crippen LogP contribution in [0.15, 0.2) is 255 Å².